The Bertz CT molecular complexity index is 253. The molecule has 19 heavy (non-hydrogen) atoms. The van der Waals surface area contributed by atoms with Gasteiger partial charge in [-0.1, -0.05) is 19.3 Å². The largest absolute Gasteiger partial charge is 0.389 e. The molecule has 2 fully saturated rings. The summed E-state index contributed by atoms with van der Waals surface area (Å²) in [5.41, 5.74) is -0.366. The van der Waals surface area contributed by atoms with Gasteiger partial charge in [0.25, 0.3) is 0 Å². The van der Waals surface area contributed by atoms with Crippen LogP contribution in [0.1, 0.15) is 51.4 Å². The van der Waals surface area contributed by atoms with Crippen LogP contribution in [0.5, 0.6) is 0 Å². The number of aliphatic hydroxyl groups is 1. The fourth-order valence-electron chi connectivity index (χ4n) is 3.66. The standard InChI is InChI=1S/C16H32N2O/c1-17(2)11-6-15-7-12-18(13-8-15)14-16(19)9-4-3-5-10-16/h15,19H,3-14H2,1-2H3. The number of hydrogen-bond acceptors (Lipinski definition) is 3. The zero-order valence-electron chi connectivity index (χ0n) is 12.9. The number of rotatable bonds is 5. The van der Waals surface area contributed by atoms with Crippen LogP contribution < -0.4 is 0 Å². The van der Waals surface area contributed by atoms with Crippen LogP contribution in [0.4, 0.5) is 0 Å². The molecule has 2 rings (SSSR count). The SMILES string of the molecule is CN(C)CCC1CCN(CC2(O)CCCCC2)CC1. The van der Waals surface area contributed by atoms with E-state index in [4.69, 9.17) is 0 Å². The summed E-state index contributed by atoms with van der Waals surface area (Å²) in [4.78, 5) is 4.80. The van der Waals surface area contributed by atoms with Crippen molar-refractivity contribution >= 4 is 0 Å². The van der Waals surface area contributed by atoms with Gasteiger partial charge in [-0.2, -0.15) is 0 Å². The van der Waals surface area contributed by atoms with Crippen molar-refractivity contribution in [2.45, 2.75) is 57.0 Å². The molecule has 0 bridgehead atoms. The van der Waals surface area contributed by atoms with Crippen molar-refractivity contribution < 1.29 is 5.11 Å². The van der Waals surface area contributed by atoms with Gasteiger partial charge in [0.2, 0.25) is 0 Å². The van der Waals surface area contributed by atoms with E-state index in [1.165, 1.54) is 58.2 Å². The van der Waals surface area contributed by atoms with Gasteiger partial charge in [0.1, 0.15) is 0 Å². The Morgan fingerprint density at radius 1 is 1.11 bits per heavy atom. The summed E-state index contributed by atoms with van der Waals surface area (Å²) in [6, 6.07) is 0. The van der Waals surface area contributed by atoms with E-state index in [1.54, 1.807) is 0 Å². The van der Waals surface area contributed by atoms with Crippen molar-refractivity contribution in [3.8, 4) is 0 Å². The molecule has 0 atom stereocenters. The summed E-state index contributed by atoms with van der Waals surface area (Å²) in [6.45, 7) is 4.53. The molecular weight excluding hydrogens is 236 g/mol. The molecule has 2 aliphatic rings. The van der Waals surface area contributed by atoms with E-state index < -0.39 is 0 Å². The average molecular weight is 268 g/mol. The summed E-state index contributed by atoms with van der Waals surface area (Å²) in [7, 11) is 4.32. The molecule has 0 spiro atoms. The van der Waals surface area contributed by atoms with E-state index in [2.05, 4.69) is 23.9 Å². The first-order valence-corrected chi connectivity index (χ1v) is 8.17. The Balaban J connectivity index is 1.68. The van der Waals surface area contributed by atoms with Crippen LogP contribution in [0.25, 0.3) is 0 Å². The van der Waals surface area contributed by atoms with Gasteiger partial charge in [0.15, 0.2) is 0 Å². The van der Waals surface area contributed by atoms with Gasteiger partial charge in [-0.15, -0.1) is 0 Å². The van der Waals surface area contributed by atoms with Crippen LogP contribution in [0, 0.1) is 5.92 Å². The number of nitrogens with zero attached hydrogens (tertiary/aromatic N) is 2. The van der Waals surface area contributed by atoms with E-state index in [9.17, 15) is 5.11 Å². The minimum atomic E-state index is -0.366. The lowest BCUT2D eigenvalue weighted by Gasteiger charge is -2.40. The van der Waals surface area contributed by atoms with Crippen LogP contribution in [-0.4, -0.2) is 60.8 Å². The van der Waals surface area contributed by atoms with Crippen molar-refractivity contribution in [3.05, 3.63) is 0 Å². The molecule has 0 aromatic carbocycles. The molecule has 0 amide bonds. The number of piperidine rings is 1. The molecule has 3 nitrogen and oxygen atoms in total. The predicted octanol–water partition coefficient (Wildman–Crippen LogP) is 2.35. The van der Waals surface area contributed by atoms with Gasteiger partial charge in [-0.05, 0) is 71.8 Å². The van der Waals surface area contributed by atoms with E-state index >= 15 is 0 Å². The summed E-state index contributed by atoms with van der Waals surface area (Å²) >= 11 is 0. The first-order chi connectivity index (χ1) is 9.07. The number of likely N-dealkylation sites (tertiary alicyclic amines) is 1. The van der Waals surface area contributed by atoms with Gasteiger partial charge < -0.3 is 14.9 Å². The molecule has 0 aromatic rings. The molecule has 1 heterocycles. The highest BCUT2D eigenvalue weighted by atomic mass is 16.3. The van der Waals surface area contributed by atoms with Crippen molar-refractivity contribution in [2.75, 3.05) is 40.3 Å². The van der Waals surface area contributed by atoms with E-state index in [0.717, 1.165) is 25.3 Å². The summed E-state index contributed by atoms with van der Waals surface area (Å²) in [6.07, 6.45) is 9.78. The molecule has 1 saturated carbocycles. The van der Waals surface area contributed by atoms with Crippen molar-refractivity contribution in [1.29, 1.82) is 0 Å². The molecule has 1 saturated heterocycles. The van der Waals surface area contributed by atoms with Gasteiger partial charge in [0.05, 0.1) is 5.60 Å². The molecule has 0 unspecified atom stereocenters. The normalized spacial score (nSPS) is 25.9. The van der Waals surface area contributed by atoms with Gasteiger partial charge in [-0.25, -0.2) is 0 Å². The highest BCUT2D eigenvalue weighted by molar-refractivity contribution is 4.87. The molecule has 0 radical (unpaired) electrons. The molecular formula is C16H32N2O. The topological polar surface area (TPSA) is 26.7 Å². The van der Waals surface area contributed by atoms with E-state index in [-0.39, 0.29) is 5.60 Å². The minimum absolute atomic E-state index is 0.366. The van der Waals surface area contributed by atoms with Crippen LogP contribution in [0.15, 0.2) is 0 Å². The van der Waals surface area contributed by atoms with Crippen LogP contribution in [0.2, 0.25) is 0 Å². The molecule has 1 aliphatic carbocycles. The minimum Gasteiger partial charge on any atom is -0.389 e. The molecule has 1 N–H and O–H groups in total. The van der Waals surface area contributed by atoms with Crippen LogP contribution in [-0.2, 0) is 0 Å². The fraction of sp³-hybridized carbons (Fsp3) is 1.00. The highest BCUT2D eigenvalue weighted by Crippen LogP contribution is 2.30. The van der Waals surface area contributed by atoms with Gasteiger partial charge in [0, 0.05) is 6.54 Å². The predicted molar refractivity (Wildman–Crippen MR) is 80.4 cm³/mol. The Kier molecular flexibility index (Phi) is 5.67. The second-order valence-corrected chi connectivity index (χ2v) is 7.10. The average Bonchev–Trinajstić information content (AvgIpc) is 2.38. The third-order valence-electron chi connectivity index (χ3n) is 4.99. The van der Waals surface area contributed by atoms with Crippen molar-refractivity contribution in [2.24, 2.45) is 5.92 Å². The van der Waals surface area contributed by atoms with E-state index in [0.29, 0.717) is 0 Å². The summed E-state index contributed by atoms with van der Waals surface area (Å²) in [5, 5.41) is 10.6. The van der Waals surface area contributed by atoms with E-state index in [1.807, 2.05) is 0 Å². The maximum absolute atomic E-state index is 10.6. The number of hydrogen-bond donors (Lipinski definition) is 1. The maximum atomic E-state index is 10.6. The van der Waals surface area contributed by atoms with Gasteiger partial charge in [-0.3, -0.25) is 0 Å². The second kappa shape index (κ2) is 7.05. The third-order valence-corrected chi connectivity index (χ3v) is 4.99. The van der Waals surface area contributed by atoms with Crippen molar-refractivity contribution in [1.82, 2.24) is 9.80 Å². The van der Waals surface area contributed by atoms with Crippen molar-refractivity contribution in [3.63, 3.8) is 0 Å². The summed E-state index contributed by atoms with van der Waals surface area (Å²) < 4.78 is 0. The molecule has 112 valence electrons. The molecule has 3 heteroatoms. The van der Waals surface area contributed by atoms with Gasteiger partial charge >= 0.3 is 0 Å². The third kappa shape index (κ3) is 5.05. The zero-order valence-corrected chi connectivity index (χ0v) is 12.9. The lowest BCUT2D eigenvalue weighted by molar-refractivity contribution is -0.0330. The Morgan fingerprint density at radius 3 is 2.32 bits per heavy atom. The fourth-order valence-corrected chi connectivity index (χ4v) is 3.66. The molecule has 0 aromatic heterocycles. The maximum Gasteiger partial charge on any atom is 0.0774 e. The number of β-amino-alcohol motifs (C(OH)–C–C–N with tert-alkyl or cyclic N) is 1. The van der Waals surface area contributed by atoms with Crippen LogP contribution in [0.3, 0.4) is 0 Å². The Morgan fingerprint density at radius 2 is 1.74 bits per heavy atom. The Hall–Kier alpha value is -0.120. The Labute approximate surface area is 119 Å². The second-order valence-electron chi connectivity index (χ2n) is 7.10. The summed E-state index contributed by atoms with van der Waals surface area (Å²) in [5.74, 6) is 0.902. The van der Waals surface area contributed by atoms with Crippen LogP contribution >= 0.6 is 0 Å². The smallest absolute Gasteiger partial charge is 0.0774 e. The quantitative estimate of drug-likeness (QED) is 0.829. The zero-order chi connectivity index (χ0) is 13.7. The molecule has 1 aliphatic heterocycles. The first-order valence-electron chi connectivity index (χ1n) is 8.17. The first kappa shape index (κ1) is 15.3. The lowest BCUT2D eigenvalue weighted by atomic mass is 9.83. The monoisotopic (exact) mass is 268 g/mol. The lowest BCUT2D eigenvalue weighted by Crippen LogP contribution is -2.47. The highest BCUT2D eigenvalue weighted by Gasteiger charge is 2.32.